The third kappa shape index (κ3) is 2.45. The monoisotopic (exact) mass is 252 g/mol. The molecule has 1 aromatic carbocycles. The normalized spacial score (nSPS) is 15.5. The zero-order chi connectivity index (χ0) is 12.4. The topological polar surface area (TPSA) is 32.3 Å². The van der Waals surface area contributed by atoms with Crippen LogP contribution in [-0.4, -0.2) is 36.5 Å². The Balaban J connectivity index is 2.22. The van der Waals surface area contributed by atoms with Crippen LogP contribution in [0.15, 0.2) is 18.2 Å². The lowest BCUT2D eigenvalue weighted by atomic mass is 10.0. The predicted octanol–water partition coefficient (Wildman–Crippen LogP) is 2.08. The number of aryl methyl sites for hydroxylation is 1. The summed E-state index contributed by atoms with van der Waals surface area (Å²) in [5, 5.41) is 3.86. The number of benzene rings is 1. The maximum absolute atomic E-state index is 12.4. The summed E-state index contributed by atoms with van der Waals surface area (Å²) in [7, 11) is 0. The Bertz CT molecular complexity index is 429. The van der Waals surface area contributed by atoms with Gasteiger partial charge in [-0.1, -0.05) is 11.6 Å². The minimum absolute atomic E-state index is 0.105. The largest absolute Gasteiger partial charge is 0.333 e. The van der Waals surface area contributed by atoms with E-state index in [4.69, 9.17) is 11.6 Å². The van der Waals surface area contributed by atoms with Gasteiger partial charge in [0.25, 0.3) is 5.91 Å². The van der Waals surface area contributed by atoms with Crippen LogP contribution in [0.25, 0.3) is 0 Å². The van der Waals surface area contributed by atoms with Crippen LogP contribution in [0.4, 0.5) is 0 Å². The maximum Gasteiger partial charge on any atom is 0.254 e. The number of carbonyl (C=O) groups is 1. The van der Waals surface area contributed by atoms with Gasteiger partial charge in [-0.2, -0.15) is 0 Å². The van der Waals surface area contributed by atoms with Gasteiger partial charge >= 0.3 is 0 Å². The zero-order valence-corrected chi connectivity index (χ0v) is 10.9. The van der Waals surface area contributed by atoms with E-state index in [0.717, 1.165) is 30.8 Å². The molecule has 1 aromatic rings. The molecular formula is C13H17ClN2O. The molecule has 92 valence electrons. The summed E-state index contributed by atoms with van der Waals surface area (Å²) in [5.74, 6) is 0.105. The van der Waals surface area contributed by atoms with E-state index in [1.54, 1.807) is 6.07 Å². The molecule has 2 rings (SSSR count). The maximum atomic E-state index is 12.4. The van der Waals surface area contributed by atoms with Crippen LogP contribution in [0.5, 0.6) is 0 Å². The first-order valence-electron chi connectivity index (χ1n) is 5.91. The Morgan fingerprint density at radius 2 is 2.24 bits per heavy atom. The quantitative estimate of drug-likeness (QED) is 0.894. The third-order valence-corrected chi connectivity index (χ3v) is 3.46. The highest BCUT2D eigenvalue weighted by atomic mass is 35.5. The number of halogens is 1. The van der Waals surface area contributed by atoms with E-state index in [1.807, 2.05) is 30.9 Å². The average molecular weight is 253 g/mol. The molecule has 17 heavy (non-hydrogen) atoms. The van der Waals surface area contributed by atoms with E-state index in [-0.39, 0.29) is 5.91 Å². The summed E-state index contributed by atoms with van der Waals surface area (Å²) in [6, 6.07) is 5.76. The first kappa shape index (κ1) is 12.4. The van der Waals surface area contributed by atoms with Crippen molar-refractivity contribution in [2.45, 2.75) is 19.9 Å². The highest BCUT2D eigenvalue weighted by Crippen LogP contribution is 2.18. The lowest BCUT2D eigenvalue weighted by molar-refractivity contribution is 0.0629. The Morgan fingerprint density at radius 1 is 1.53 bits per heavy atom. The molecule has 1 fully saturated rings. The van der Waals surface area contributed by atoms with Gasteiger partial charge in [-0.05, 0) is 37.6 Å². The second kappa shape index (κ2) is 5.07. The van der Waals surface area contributed by atoms with Crippen molar-refractivity contribution in [3.8, 4) is 0 Å². The number of hydrogen-bond donors (Lipinski definition) is 1. The fourth-order valence-electron chi connectivity index (χ4n) is 2.08. The molecule has 0 saturated carbocycles. The average Bonchev–Trinajstić information content (AvgIpc) is 2.22. The zero-order valence-electron chi connectivity index (χ0n) is 10.2. The fourth-order valence-corrected chi connectivity index (χ4v) is 2.31. The summed E-state index contributed by atoms with van der Waals surface area (Å²) in [6.45, 7) is 6.47. The summed E-state index contributed by atoms with van der Waals surface area (Å²) in [5.41, 5.74) is 1.69. The van der Waals surface area contributed by atoms with Crippen molar-refractivity contribution in [3.63, 3.8) is 0 Å². The number of nitrogens with one attached hydrogen (secondary N) is 1. The van der Waals surface area contributed by atoms with Gasteiger partial charge in [0, 0.05) is 30.2 Å². The SMILES string of the molecule is CCN(C(=O)c1ccc(Cl)cc1C)C1CNC1. The number of nitrogens with zero attached hydrogens (tertiary/aromatic N) is 1. The number of carbonyl (C=O) groups excluding carboxylic acids is 1. The lowest BCUT2D eigenvalue weighted by Crippen LogP contribution is -2.58. The summed E-state index contributed by atoms with van der Waals surface area (Å²) in [4.78, 5) is 14.3. The molecule has 3 nitrogen and oxygen atoms in total. The molecule has 0 bridgehead atoms. The first-order valence-corrected chi connectivity index (χ1v) is 6.29. The van der Waals surface area contributed by atoms with E-state index in [0.29, 0.717) is 11.1 Å². The molecule has 4 heteroatoms. The van der Waals surface area contributed by atoms with Gasteiger partial charge in [0.15, 0.2) is 0 Å². The van der Waals surface area contributed by atoms with Crippen molar-refractivity contribution in [2.75, 3.05) is 19.6 Å². The lowest BCUT2D eigenvalue weighted by Gasteiger charge is -2.37. The van der Waals surface area contributed by atoms with Gasteiger partial charge in [0.05, 0.1) is 6.04 Å². The summed E-state index contributed by atoms with van der Waals surface area (Å²) in [6.07, 6.45) is 0. The highest BCUT2D eigenvalue weighted by molar-refractivity contribution is 6.30. The number of likely N-dealkylation sites (N-methyl/N-ethyl adjacent to an activating group) is 1. The van der Waals surface area contributed by atoms with Gasteiger partial charge < -0.3 is 10.2 Å². The van der Waals surface area contributed by atoms with Crippen molar-refractivity contribution in [1.29, 1.82) is 0 Å². The van der Waals surface area contributed by atoms with Crippen molar-refractivity contribution in [2.24, 2.45) is 0 Å². The van der Waals surface area contributed by atoms with Crippen molar-refractivity contribution < 1.29 is 4.79 Å². The van der Waals surface area contributed by atoms with Crippen molar-refractivity contribution >= 4 is 17.5 Å². The fraction of sp³-hybridized carbons (Fsp3) is 0.462. The Hall–Kier alpha value is -1.06. The molecular weight excluding hydrogens is 236 g/mol. The van der Waals surface area contributed by atoms with Crippen LogP contribution < -0.4 is 5.32 Å². The first-order chi connectivity index (χ1) is 8.13. The minimum atomic E-state index is 0.105. The van der Waals surface area contributed by atoms with Gasteiger partial charge in [0.2, 0.25) is 0 Å². The Labute approximate surface area is 107 Å². The third-order valence-electron chi connectivity index (χ3n) is 3.22. The number of rotatable bonds is 3. The van der Waals surface area contributed by atoms with Crippen LogP contribution in [0.2, 0.25) is 5.02 Å². The smallest absolute Gasteiger partial charge is 0.254 e. The molecule has 1 saturated heterocycles. The Kier molecular flexibility index (Phi) is 3.69. The molecule has 0 aliphatic carbocycles. The number of hydrogen-bond acceptors (Lipinski definition) is 2. The molecule has 1 amide bonds. The molecule has 0 aromatic heterocycles. The molecule has 0 radical (unpaired) electrons. The molecule has 0 unspecified atom stereocenters. The van der Waals surface area contributed by atoms with E-state index in [2.05, 4.69) is 5.32 Å². The van der Waals surface area contributed by atoms with Gasteiger partial charge in [-0.3, -0.25) is 4.79 Å². The molecule has 0 spiro atoms. The van der Waals surface area contributed by atoms with E-state index in [9.17, 15) is 4.79 Å². The van der Waals surface area contributed by atoms with Crippen LogP contribution in [0.1, 0.15) is 22.8 Å². The summed E-state index contributed by atoms with van der Waals surface area (Å²) < 4.78 is 0. The van der Waals surface area contributed by atoms with E-state index >= 15 is 0 Å². The standard InChI is InChI=1S/C13H17ClN2O/c1-3-16(11-7-15-8-11)13(17)12-5-4-10(14)6-9(12)2/h4-6,11,15H,3,7-8H2,1-2H3. The van der Waals surface area contributed by atoms with Gasteiger partial charge in [-0.15, -0.1) is 0 Å². The predicted molar refractivity (Wildman–Crippen MR) is 69.6 cm³/mol. The molecule has 1 aliphatic rings. The molecule has 1 N–H and O–H groups in total. The number of amides is 1. The van der Waals surface area contributed by atoms with Crippen LogP contribution in [0.3, 0.4) is 0 Å². The van der Waals surface area contributed by atoms with E-state index in [1.165, 1.54) is 0 Å². The molecule has 0 atom stereocenters. The van der Waals surface area contributed by atoms with Crippen LogP contribution >= 0.6 is 11.6 Å². The van der Waals surface area contributed by atoms with Gasteiger partial charge in [0.1, 0.15) is 0 Å². The molecule has 1 aliphatic heterocycles. The van der Waals surface area contributed by atoms with Crippen LogP contribution in [0, 0.1) is 6.92 Å². The van der Waals surface area contributed by atoms with Gasteiger partial charge in [-0.25, -0.2) is 0 Å². The highest BCUT2D eigenvalue weighted by Gasteiger charge is 2.28. The molecule has 1 heterocycles. The van der Waals surface area contributed by atoms with Crippen LogP contribution in [-0.2, 0) is 0 Å². The van der Waals surface area contributed by atoms with Crippen molar-refractivity contribution in [3.05, 3.63) is 34.3 Å². The van der Waals surface area contributed by atoms with Crippen molar-refractivity contribution in [1.82, 2.24) is 10.2 Å². The van der Waals surface area contributed by atoms with E-state index < -0.39 is 0 Å². The summed E-state index contributed by atoms with van der Waals surface area (Å²) >= 11 is 5.90. The minimum Gasteiger partial charge on any atom is -0.333 e. The second-order valence-corrected chi connectivity index (χ2v) is 4.80. The second-order valence-electron chi connectivity index (χ2n) is 4.36. The Morgan fingerprint density at radius 3 is 2.71 bits per heavy atom.